The number of amides is 3. The monoisotopic (exact) mass is 453 g/mol. The molecule has 172 valence electrons. The van der Waals surface area contributed by atoms with Crippen molar-refractivity contribution in [1.29, 1.82) is 0 Å². The average molecular weight is 453 g/mol. The first-order valence-electron chi connectivity index (χ1n) is 10.6. The van der Waals surface area contributed by atoms with Crippen LogP contribution in [0.5, 0.6) is 0 Å². The van der Waals surface area contributed by atoms with Crippen LogP contribution in [0.1, 0.15) is 27.2 Å². The minimum Gasteiger partial charge on any atom is -0.452 e. The molecule has 8 nitrogen and oxygen atoms in total. The second-order valence-electron chi connectivity index (χ2n) is 8.64. The lowest BCUT2D eigenvalue weighted by Crippen LogP contribution is -2.60. The van der Waals surface area contributed by atoms with Gasteiger partial charge in [-0.1, -0.05) is 24.3 Å². The molecule has 1 saturated heterocycles. The molecule has 0 radical (unpaired) electrons. The molecule has 0 bridgehead atoms. The predicted octanol–water partition coefficient (Wildman–Crippen LogP) is 2.87. The van der Waals surface area contributed by atoms with Gasteiger partial charge < -0.3 is 15.0 Å². The molecule has 2 aliphatic rings. The lowest BCUT2D eigenvalue weighted by atomic mass is 9.95. The first kappa shape index (κ1) is 22.4. The van der Waals surface area contributed by atoms with Gasteiger partial charge in [-0.2, -0.15) is 0 Å². The maximum absolute atomic E-state index is 14.1. The van der Waals surface area contributed by atoms with Gasteiger partial charge in [0.2, 0.25) is 11.8 Å². The Hall–Kier alpha value is -3.75. The molecule has 1 N–H and O–H groups in total. The van der Waals surface area contributed by atoms with Crippen molar-refractivity contribution in [2.75, 3.05) is 21.7 Å². The Morgan fingerprint density at radius 1 is 1.09 bits per heavy atom. The molecule has 9 heteroatoms. The van der Waals surface area contributed by atoms with E-state index in [1.165, 1.54) is 34.9 Å². The van der Waals surface area contributed by atoms with Crippen LogP contribution in [-0.2, 0) is 23.9 Å². The van der Waals surface area contributed by atoms with Crippen LogP contribution in [0.15, 0.2) is 48.5 Å². The summed E-state index contributed by atoms with van der Waals surface area (Å²) in [5.41, 5.74) is -0.135. The second-order valence-corrected chi connectivity index (χ2v) is 8.64. The molecular formula is C24H24FN3O5. The third-order valence-electron chi connectivity index (χ3n) is 5.97. The highest BCUT2D eigenvalue weighted by Crippen LogP contribution is 2.37. The van der Waals surface area contributed by atoms with E-state index in [-0.39, 0.29) is 24.6 Å². The number of hydrogen-bond donors (Lipinski definition) is 1. The number of benzene rings is 2. The summed E-state index contributed by atoms with van der Waals surface area (Å²) in [5.74, 6) is -3.45. The fraction of sp³-hybridized carbons (Fsp3) is 0.333. The van der Waals surface area contributed by atoms with E-state index in [9.17, 15) is 23.6 Å². The number of carbonyl (C=O) groups excluding carboxylic acids is 4. The fourth-order valence-electron chi connectivity index (χ4n) is 4.12. The molecule has 2 aliphatic heterocycles. The molecule has 1 fully saturated rings. The lowest BCUT2D eigenvalue weighted by Gasteiger charge is -2.42. The van der Waals surface area contributed by atoms with Crippen LogP contribution in [0.25, 0.3) is 0 Å². The summed E-state index contributed by atoms with van der Waals surface area (Å²) in [4.78, 5) is 53.6. The summed E-state index contributed by atoms with van der Waals surface area (Å²) in [5, 5.41) is 2.78. The summed E-state index contributed by atoms with van der Waals surface area (Å²) >= 11 is 0. The number of hydrogen-bond acceptors (Lipinski definition) is 5. The van der Waals surface area contributed by atoms with Crippen LogP contribution in [0, 0.1) is 11.7 Å². The Bertz CT molecular complexity index is 1150. The first-order valence-corrected chi connectivity index (χ1v) is 10.6. The van der Waals surface area contributed by atoms with Crippen molar-refractivity contribution in [3.05, 3.63) is 54.3 Å². The summed E-state index contributed by atoms with van der Waals surface area (Å²) in [6, 6.07) is 12.7. The molecule has 2 atom stereocenters. The van der Waals surface area contributed by atoms with Crippen molar-refractivity contribution in [2.24, 2.45) is 5.92 Å². The third kappa shape index (κ3) is 3.94. The smallest absolute Gasteiger partial charge is 0.312 e. The number of carbonyl (C=O) groups is 4. The number of halogens is 1. The second kappa shape index (κ2) is 8.31. The zero-order valence-electron chi connectivity index (χ0n) is 18.5. The molecule has 2 unspecified atom stereocenters. The van der Waals surface area contributed by atoms with Crippen molar-refractivity contribution < 1.29 is 28.3 Å². The van der Waals surface area contributed by atoms with E-state index < -0.39 is 41.2 Å². The summed E-state index contributed by atoms with van der Waals surface area (Å²) in [7, 11) is 0. The van der Waals surface area contributed by atoms with E-state index in [0.29, 0.717) is 11.4 Å². The van der Waals surface area contributed by atoms with Gasteiger partial charge in [-0.3, -0.25) is 24.1 Å². The number of para-hydroxylation sites is 3. The van der Waals surface area contributed by atoms with Crippen LogP contribution in [0.3, 0.4) is 0 Å². The number of rotatable bonds is 4. The maximum Gasteiger partial charge on any atom is 0.312 e. The zero-order chi connectivity index (χ0) is 23.9. The molecule has 2 heterocycles. The zero-order valence-corrected chi connectivity index (χ0v) is 18.5. The topological polar surface area (TPSA) is 96.0 Å². The summed E-state index contributed by atoms with van der Waals surface area (Å²) in [6.07, 6.45) is -1.34. The Balaban J connectivity index is 1.49. The van der Waals surface area contributed by atoms with Crippen LogP contribution >= 0.6 is 0 Å². The number of nitrogens with zero attached hydrogens (tertiary/aromatic N) is 2. The predicted molar refractivity (Wildman–Crippen MR) is 119 cm³/mol. The number of nitrogens with one attached hydrogen (secondary N) is 1. The summed E-state index contributed by atoms with van der Waals surface area (Å²) < 4.78 is 19.5. The van der Waals surface area contributed by atoms with Crippen molar-refractivity contribution in [2.45, 2.75) is 38.8 Å². The molecular weight excluding hydrogens is 429 g/mol. The van der Waals surface area contributed by atoms with Gasteiger partial charge in [0.25, 0.3) is 5.91 Å². The van der Waals surface area contributed by atoms with Crippen molar-refractivity contribution in [1.82, 2.24) is 0 Å². The minimum absolute atomic E-state index is 0.0417. The highest BCUT2D eigenvalue weighted by molar-refractivity contribution is 6.15. The molecule has 33 heavy (non-hydrogen) atoms. The van der Waals surface area contributed by atoms with Crippen LogP contribution in [0.4, 0.5) is 21.5 Å². The van der Waals surface area contributed by atoms with Crippen molar-refractivity contribution in [3.8, 4) is 0 Å². The Morgan fingerprint density at radius 2 is 1.73 bits per heavy atom. The number of fused-ring (bicyclic) bond motifs is 1. The van der Waals surface area contributed by atoms with Gasteiger partial charge in [-0.15, -0.1) is 0 Å². The van der Waals surface area contributed by atoms with Crippen LogP contribution < -0.4 is 15.1 Å². The standard InChI is InChI=1S/C24H24FN3O5/c1-14(21(30)28-19-11-7-5-9-17(19)26-23(32)24(28,2)3)33-22(31)15-12-20(29)27(13-15)18-10-6-4-8-16(18)25/h4-11,14-15H,12-13H2,1-3H3,(H,26,32). The van der Waals surface area contributed by atoms with Crippen molar-refractivity contribution >= 4 is 40.8 Å². The van der Waals surface area contributed by atoms with E-state index in [0.717, 1.165) is 0 Å². The number of anilines is 3. The van der Waals surface area contributed by atoms with E-state index in [1.54, 1.807) is 44.2 Å². The normalized spacial score (nSPS) is 20.2. The Morgan fingerprint density at radius 3 is 2.42 bits per heavy atom. The Kier molecular flexibility index (Phi) is 5.65. The lowest BCUT2D eigenvalue weighted by molar-refractivity contribution is -0.158. The molecule has 0 aromatic heterocycles. The van der Waals surface area contributed by atoms with Crippen molar-refractivity contribution in [3.63, 3.8) is 0 Å². The maximum atomic E-state index is 14.1. The van der Waals surface area contributed by atoms with Gasteiger partial charge in [0.15, 0.2) is 6.10 Å². The van der Waals surface area contributed by atoms with Gasteiger partial charge in [0, 0.05) is 13.0 Å². The molecule has 3 amide bonds. The fourth-order valence-corrected chi connectivity index (χ4v) is 4.12. The molecule has 2 aromatic carbocycles. The number of ether oxygens (including phenoxy) is 1. The quantitative estimate of drug-likeness (QED) is 0.719. The van der Waals surface area contributed by atoms with Gasteiger partial charge in [0.05, 0.1) is 23.0 Å². The number of esters is 1. The van der Waals surface area contributed by atoms with E-state index in [4.69, 9.17) is 4.74 Å². The summed E-state index contributed by atoms with van der Waals surface area (Å²) in [6.45, 7) is 4.59. The van der Waals surface area contributed by atoms with E-state index in [1.807, 2.05) is 0 Å². The van der Waals surface area contributed by atoms with Gasteiger partial charge >= 0.3 is 5.97 Å². The van der Waals surface area contributed by atoms with Crippen LogP contribution in [-0.4, -0.2) is 41.9 Å². The SMILES string of the molecule is CC(OC(=O)C1CC(=O)N(c2ccccc2F)C1)C(=O)N1c2ccccc2NC(=O)C1(C)C. The molecule has 0 aliphatic carbocycles. The van der Waals surface area contributed by atoms with E-state index >= 15 is 0 Å². The first-order chi connectivity index (χ1) is 15.6. The average Bonchev–Trinajstić information content (AvgIpc) is 3.16. The Labute approximate surface area is 190 Å². The molecule has 4 rings (SSSR count). The van der Waals surface area contributed by atoms with Gasteiger partial charge in [-0.05, 0) is 45.0 Å². The highest BCUT2D eigenvalue weighted by Gasteiger charge is 2.46. The molecule has 2 aromatic rings. The molecule has 0 saturated carbocycles. The minimum atomic E-state index is -1.21. The van der Waals surface area contributed by atoms with Gasteiger partial charge in [-0.25, -0.2) is 4.39 Å². The third-order valence-corrected chi connectivity index (χ3v) is 5.97. The van der Waals surface area contributed by atoms with Gasteiger partial charge in [0.1, 0.15) is 11.4 Å². The van der Waals surface area contributed by atoms with E-state index in [2.05, 4.69) is 5.32 Å². The highest BCUT2D eigenvalue weighted by atomic mass is 19.1. The largest absolute Gasteiger partial charge is 0.452 e. The van der Waals surface area contributed by atoms with Crippen LogP contribution in [0.2, 0.25) is 0 Å². The molecule has 0 spiro atoms.